The molecule has 0 saturated heterocycles. The molecule has 0 aliphatic heterocycles. The smallest absolute Gasteiger partial charge is 0.341 e. The number of H-pyrrole nitrogens is 2. The van der Waals surface area contributed by atoms with Gasteiger partial charge in [-0.2, -0.15) is 0 Å². The molecular weight excluding hydrogens is 200 g/mol. The maximum Gasteiger partial charge on any atom is 0.341 e. The van der Waals surface area contributed by atoms with Crippen LogP contribution in [0.5, 0.6) is 0 Å². The van der Waals surface area contributed by atoms with Gasteiger partial charge in [0.15, 0.2) is 0 Å². The van der Waals surface area contributed by atoms with Crippen molar-refractivity contribution in [2.24, 2.45) is 0 Å². The number of nitrogens with zero attached hydrogens (tertiary/aromatic N) is 1. The second-order valence-electron chi connectivity index (χ2n) is 2.79. The largest absolute Gasteiger partial charge is 0.467 e. The first-order valence-corrected chi connectivity index (χ1v) is 4.21. The van der Waals surface area contributed by atoms with Crippen LogP contribution in [-0.2, 0) is 6.54 Å². The first-order chi connectivity index (χ1) is 7.25. The second-order valence-corrected chi connectivity index (χ2v) is 2.79. The van der Waals surface area contributed by atoms with E-state index in [2.05, 4.69) is 20.5 Å². The lowest BCUT2D eigenvalue weighted by Crippen LogP contribution is -2.24. The molecule has 3 N–H and O–H groups in total. The minimum atomic E-state index is -0.516. The predicted octanol–water partition coefficient (Wildman–Crippen LogP) is -0.379. The topological polar surface area (TPSA) is 104 Å². The van der Waals surface area contributed by atoms with E-state index in [4.69, 9.17) is 4.42 Å². The molecule has 0 aliphatic carbocycles. The fraction of sp³-hybridized carbons (Fsp3) is 0.125. The maximum atomic E-state index is 11.3. The van der Waals surface area contributed by atoms with E-state index in [1.54, 1.807) is 12.1 Å². The zero-order chi connectivity index (χ0) is 10.7. The van der Waals surface area contributed by atoms with Gasteiger partial charge in [0.1, 0.15) is 5.76 Å². The average molecular weight is 208 g/mol. The molecular formula is C8H8N4O3. The van der Waals surface area contributed by atoms with Crippen LogP contribution in [-0.4, -0.2) is 21.1 Å². The van der Waals surface area contributed by atoms with E-state index in [1.807, 2.05) is 0 Å². The third kappa shape index (κ3) is 2.13. The van der Waals surface area contributed by atoms with E-state index in [1.165, 1.54) is 6.26 Å². The molecule has 0 aromatic carbocycles. The standard InChI is InChI=1S/C8H8N4O3/c13-7(6-10-8(14)12-11-6)9-4-5-2-1-3-15-5/h1-3H,4H2,(H,9,13)(H2,10,11,12,14). The Morgan fingerprint density at radius 1 is 1.60 bits per heavy atom. The Bertz CT molecular complexity index is 496. The van der Waals surface area contributed by atoms with Gasteiger partial charge in [-0.3, -0.25) is 9.78 Å². The normalized spacial score (nSPS) is 10.1. The van der Waals surface area contributed by atoms with Gasteiger partial charge in [0.25, 0.3) is 5.91 Å². The molecule has 2 heterocycles. The molecule has 0 aliphatic rings. The minimum absolute atomic E-state index is 0.0495. The number of furan rings is 1. The molecule has 0 atom stereocenters. The predicted molar refractivity (Wildman–Crippen MR) is 49.1 cm³/mol. The van der Waals surface area contributed by atoms with Crippen molar-refractivity contribution >= 4 is 5.91 Å². The summed E-state index contributed by atoms with van der Waals surface area (Å²) in [6, 6.07) is 3.45. The van der Waals surface area contributed by atoms with Gasteiger partial charge >= 0.3 is 5.69 Å². The lowest BCUT2D eigenvalue weighted by atomic mass is 10.4. The number of nitrogens with one attached hydrogen (secondary N) is 3. The Morgan fingerprint density at radius 3 is 3.07 bits per heavy atom. The summed E-state index contributed by atoms with van der Waals surface area (Å²) >= 11 is 0. The van der Waals surface area contributed by atoms with Gasteiger partial charge in [0.2, 0.25) is 5.82 Å². The highest BCUT2D eigenvalue weighted by atomic mass is 16.3. The lowest BCUT2D eigenvalue weighted by molar-refractivity contribution is 0.0938. The van der Waals surface area contributed by atoms with Crippen molar-refractivity contribution in [3.05, 3.63) is 40.5 Å². The highest BCUT2D eigenvalue weighted by molar-refractivity contribution is 5.90. The zero-order valence-electron chi connectivity index (χ0n) is 7.61. The summed E-state index contributed by atoms with van der Waals surface area (Å²) in [6.07, 6.45) is 1.51. The summed E-state index contributed by atoms with van der Waals surface area (Å²) in [5.41, 5.74) is -0.516. The first kappa shape index (κ1) is 9.25. The van der Waals surface area contributed by atoms with Crippen molar-refractivity contribution in [1.82, 2.24) is 20.5 Å². The van der Waals surface area contributed by atoms with Gasteiger partial charge in [-0.05, 0) is 12.1 Å². The number of amides is 1. The van der Waals surface area contributed by atoms with Crippen molar-refractivity contribution in [1.29, 1.82) is 0 Å². The SMILES string of the molecule is O=C(NCc1ccco1)c1n[nH]c(=O)[nH]1. The van der Waals surface area contributed by atoms with Crippen LogP contribution in [0.1, 0.15) is 16.4 Å². The third-order valence-corrected chi connectivity index (χ3v) is 1.72. The van der Waals surface area contributed by atoms with E-state index in [9.17, 15) is 9.59 Å². The van der Waals surface area contributed by atoms with Crippen LogP contribution >= 0.6 is 0 Å². The van der Waals surface area contributed by atoms with Crippen LogP contribution in [0, 0.1) is 0 Å². The summed E-state index contributed by atoms with van der Waals surface area (Å²) in [5, 5.41) is 8.11. The number of rotatable bonds is 3. The number of aromatic amines is 2. The van der Waals surface area contributed by atoms with Gasteiger partial charge in [-0.15, -0.1) is 5.10 Å². The molecule has 0 unspecified atom stereocenters. The monoisotopic (exact) mass is 208 g/mol. The van der Waals surface area contributed by atoms with Gasteiger partial charge in [0, 0.05) is 0 Å². The highest BCUT2D eigenvalue weighted by Crippen LogP contribution is 1.98. The first-order valence-electron chi connectivity index (χ1n) is 4.21. The summed E-state index contributed by atoms with van der Waals surface area (Å²) in [6.45, 7) is 0.251. The van der Waals surface area contributed by atoms with E-state index >= 15 is 0 Å². The summed E-state index contributed by atoms with van der Waals surface area (Å²) in [5.74, 6) is 0.109. The van der Waals surface area contributed by atoms with Gasteiger partial charge in [-0.1, -0.05) is 0 Å². The van der Waals surface area contributed by atoms with Gasteiger partial charge < -0.3 is 9.73 Å². The molecule has 2 aromatic heterocycles. The van der Waals surface area contributed by atoms with Gasteiger partial charge in [-0.25, -0.2) is 9.89 Å². The fourth-order valence-electron chi connectivity index (χ4n) is 1.04. The molecule has 1 amide bonds. The zero-order valence-corrected chi connectivity index (χ0v) is 7.61. The highest BCUT2D eigenvalue weighted by Gasteiger charge is 2.09. The second kappa shape index (κ2) is 3.82. The Balaban J connectivity index is 1.96. The van der Waals surface area contributed by atoms with Crippen LogP contribution in [0.25, 0.3) is 0 Å². The van der Waals surface area contributed by atoms with Crippen LogP contribution in [0.15, 0.2) is 27.6 Å². The summed E-state index contributed by atoms with van der Waals surface area (Å²) in [7, 11) is 0. The summed E-state index contributed by atoms with van der Waals surface area (Å²) < 4.78 is 5.01. The minimum Gasteiger partial charge on any atom is -0.467 e. The molecule has 2 rings (SSSR count). The van der Waals surface area contributed by atoms with E-state index in [0.717, 1.165) is 0 Å². The Morgan fingerprint density at radius 2 is 2.47 bits per heavy atom. The van der Waals surface area contributed by atoms with Crippen molar-refractivity contribution in [3.8, 4) is 0 Å². The quantitative estimate of drug-likeness (QED) is 0.639. The fourth-order valence-corrected chi connectivity index (χ4v) is 1.04. The molecule has 0 bridgehead atoms. The molecule has 0 spiro atoms. The van der Waals surface area contributed by atoms with Crippen LogP contribution in [0.2, 0.25) is 0 Å². The molecule has 2 aromatic rings. The Hall–Kier alpha value is -2.31. The number of aromatic nitrogens is 3. The molecule has 7 heteroatoms. The van der Waals surface area contributed by atoms with E-state index in [0.29, 0.717) is 5.76 Å². The lowest BCUT2D eigenvalue weighted by Gasteiger charge is -1.98. The number of carbonyl (C=O) groups is 1. The Kier molecular flexibility index (Phi) is 2.36. The van der Waals surface area contributed by atoms with Gasteiger partial charge in [0.05, 0.1) is 12.8 Å². The van der Waals surface area contributed by atoms with E-state index < -0.39 is 11.6 Å². The van der Waals surface area contributed by atoms with E-state index in [-0.39, 0.29) is 12.4 Å². The third-order valence-electron chi connectivity index (χ3n) is 1.72. The average Bonchev–Trinajstić information content (AvgIpc) is 2.84. The number of carbonyl (C=O) groups excluding carboxylic acids is 1. The van der Waals surface area contributed by atoms with Crippen molar-refractivity contribution in [2.45, 2.75) is 6.54 Å². The van der Waals surface area contributed by atoms with Crippen molar-refractivity contribution in [3.63, 3.8) is 0 Å². The molecule has 0 saturated carbocycles. The number of hydrogen-bond donors (Lipinski definition) is 3. The maximum absolute atomic E-state index is 11.3. The summed E-state index contributed by atoms with van der Waals surface area (Å²) in [4.78, 5) is 24.2. The number of hydrogen-bond acceptors (Lipinski definition) is 4. The Labute approximate surface area is 83.5 Å². The molecule has 78 valence electrons. The van der Waals surface area contributed by atoms with Crippen LogP contribution in [0.4, 0.5) is 0 Å². The van der Waals surface area contributed by atoms with Crippen LogP contribution in [0.3, 0.4) is 0 Å². The van der Waals surface area contributed by atoms with Crippen molar-refractivity contribution < 1.29 is 9.21 Å². The molecule has 15 heavy (non-hydrogen) atoms. The molecule has 7 nitrogen and oxygen atoms in total. The molecule has 0 radical (unpaired) electrons. The van der Waals surface area contributed by atoms with Crippen LogP contribution < -0.4 is 11.0 Å². The van der Waals surface area contributed by atoms with Crippen molar-refractivity contribution in [2.75, 3.05) is 0 Å². The molecule has 0 fully saturated rings.